The predicted molar refractivity (Wildman–Crippen MR) is 92.4 cm³/mol. The van der Waals surface area contributed by atoms with Crippen LogP contribution in [0.2, 0.25) is 0 Å². The summed E-state index contributed by atoms with van der Waals surface area (Å²) in [6.45, 7) is 6.16. The molecule has 0 saturated carbocycles. The van der Waals surface area contributed by atoms with E-state index in [1.165, 1.54) is 0 Å². The van der Waals surface area contributed by atoms with E-state index in [1.54, 1.807) is 18.2 Å². The zero-order valence-electron chi connectivity index (χ0n) is 13.9. The highest BCUT2D eigenvalue weighted by Crippen LogP contribution is 2.31. The highest BCUT2D eigenvalue weighted by atomic mass is 32.1. The number of rotatable bonds is 6. The van der Waals surface area contributed by atoms with Crippen molar-refractivity contribution < 1.29 is 18.7 Å². The molecule has 24 heavy (non-hydrogen) atoms. The van der Waals surface area contributed by atoms with Crippen LogP contribution in [-0.2, 0) is 9.47 Å². The predicted octanol–water partition coefficient (Wildman–Crippen LogP) is 3.40. The average Bonchev–Trinajstić information content (AvgIpc) is 3.19. The molecule has 1 amide bonds. The number of aromatic amines is 1. The lowest BCUT2D eigenvalue weighted by molar-refractivity contribution is -0.122. The number of benzene rings is 1. The van der Waals surface area contributed by atoms with Gasteiger partial charge < -0.3 is 24.2 Å². The number of fused-ring (bicyclic) bond motifs is 1. The third-order valence-corrected chi connectivity index (χ3v) is 4.41. The lowest BCUT2D eigenvalue weighted by atomic mass is 9.87. The maximum Gasteiger partial charge on any atom is 0.266 e. The van der Waals surface area contributed by atoms with Gasteiger partial charge in [0, 0.05) is 17.5 Å². The highest BCUT2D eigenvalue weighted by Gasteiger charge is 2.33. The Bertz CT molecular complexity index is 774. The van der Waals surface area contributed by atoms with Gasteiger partial charge in [0.1, 0.15) is 0 Å². The molecule has 2 N–H and O–H groups in total. The van der Waals surface area contributed by atoms with E-state index in [0.717, 1.165) is 18.4 Å². The van der Waals surface area contributed by atoms with Gasteiger partial charge >= 0.3 is 0 Å². The zero-order chi connectivity index (χ0) is 17.2. The van der Waals surface area contributed by atoms with Crippen molar-refractivity contribution in [2.45, 2.75) is 33.0 Å². The first-order chi connectivity index (χ1) is 11.5. The highest BCUT2D eigenvalue weighted by molar-refractivity contribution is 7.71. The SMILES string of the molecule is CC(C)(CCCNC(=O)c1ccc2[nH]c(=S)oc2c1)C1OCCO1. The van der Waals surface area contributed by atoms with Gasteiger partial charge in [0.2, 0.25) is 0 Å². The summed E-state index contributed by atoms with van der Waals surface area (Å²) in [6.07, 6.45) is 1.61. The number of carbonyl (C=O) groups is 1. The second kappa shape index (κ2) is 7.04. The molecule has 0 aliphatic carbocycles. The number of nitrogens with one attached hydrogen (secondary N) is 2. The van der Waals surface area contributed by atoms with Crippen molar-refractivity contribution in [3.05, 3.63) is 28.6 Å². The molecule has 7 heteroatoms. The standard InChI is InChI=1S/C17H22N2O4S/c1-17(2,15-21-8-9-22-15)6-3-7-18-14(20)11-4-5-12-13(10-11)23-16(24)19-12/h4-5,10,15H,3,6-9H2,1-2H3,(H,18,20)(H,19,24). The van der Waals surface area contributed by atoms with Gasteiger partial charge in [-0.25, -0.2) is 0 Å². The maximum absolute atomic E-state index is 12.2. The molecule has 2 heterocycles. The quantitative estimate of drug-likeness (QED) is 0.617. The van der Waals surface area contributed by atoms with Crippen molar-refractivity contribution in [3.8, 4) is 0 Å². The van der Waals surface area contributed by atoms with Gasteiger partial charge in [-0.15, -0.1) is 0 Å². The fourth-order valence-electron chi connectivity index (χ4n) is 2.86. The smallest absolute Gasteiger partial charge is 0.266 e. The molecule has 1 aliphatic rings. The summed E-state index contributed by atoms with van der Waals surface area (Å²) in [7, 11) is 0. The van der Waals surface area contributed by atoms with E-state index in [9.17, 15) is 4.79 Å². The van der Waals surface area contributed by atoms with Crippen molar-refractivity contribution in [2.75, 3.05) is 19.8 Å². The van der Waals surface area contributed by atoms with Crippen LogP contribution in [0.3, 0.4) is 0 Å². The minimum Gasteiger partial charge on any atom is -0.429 e. The summed E-state index contributed by atoms with van der Waals surface area (Å²) in [5, 5.41) is 2.94. The molecule has 1 saturated heterocycles. The van der Waals surface area contributed by atoms with Crippen molar-refractivity contribution >= 4 is 29.2 Å². The lowest BCUT2D eigenvalue weighted by Gasteiger charge is -2.29. The van der Waals surface area contributed by atoms with E-state index >= 15 is 0 Å². The molecule has 0 atom stereocenters. The van der Waals surface area contributed by atoms with Crippen LogP contribution in [0.1, 0.15) is 37.0 Å². The van der Waals surface area contributed by atoms with Crippen LogP contribution in [0, 0.1) is 10.3 Å². The number of ether oxygens (including phenoxy) is 2. The monoisotopic (exact) mass is 350 g/mol. The van der Waals surface area contributed by atoms with E-state index in [0.29, 0.717) is 35.7 Å². The van der Waals surface area contributed by atoms with Crippen LogP contribution >= 0.6 is 12.2 Å². The average molecular weight is 350 g/mol. The van der Waals surface area contributed by atoms with Crippen molar-refractivity contribution in [2.24, 2.45) is 5.41 Å². The van der Waals surface area contributed by atoms with Crippen molar-refractivity contribution in [1.82, 2.24) is 10.3 Å². The number of aromatic nitrogens is 1. The van der Waals surface area contributed by atoms with E-state index in [1.807, 2.05) is 0 Å². The molecule has 2 aromatic rings. The minimum atomic E-state index is -0.154. The Morgan fingerprint density at radius 2 is 2.12 bits per heavy atom. The van der Waals surface area contributed by atoms with Crippen molar-refractivity contribution in [1.29, 1.82) is 0 Å². The summed E-state index contributed by atoms with van der Waals surface area (Å²) in [6, 6.07) is 5.24. The van der Waals surface area contributed by atoms with Gasteiger partial charge in [0.05, 0.1) is 18.7 Å². The Kier molecular flexibility index (Phi) is 5.03. The molecule has 0 radical (unpaired) electrons. The molecule has 1 aromatic carbocycles. The molecular formula is C17H22N2O4S. The molecule has 0 spiro atoms. The summed E-state index contributed by atoms with van der Waals surface area (Å²) in [4.78, 5) is 15.5. The van der Waals surface area contributed by atoms with Gasteiger partial charge in [-0.1, -0.05) is 13.8 Å². The van der Waals surface area contributed by atoms with Crippen LogP contribution in [0.15, 0.2) is 22.6 Å². The van der Waals surface area contributed by atoms with Gasteiger partial charge in [-0.05, 0) is 43.3 Å². The first-order valence-corrected chi connectivity index (χ1v) is 8.51. The Hall–Kier alpha value is -1.70. The minimum absolute atomic E-state index is 0.0655. The van der Waals surface area contributed by atoms with Crippen molar-refractivity contribution in [3.63, 3.8) is 0 Å². The molecule has 130 valence electrons. The number of H-pyrrole nitrogens is 1. The van der Waals surface area contributed by atoms with Crippen LogP contribution in [-0.4, -0.2) is 36.9 Å². The Morgan fingerprint density at radius 3 is 2.88 bits per heavy atom. The van der Waals surface area contributed by atoms with Crippen LogP contribution in [0.4, 0.5) is 0 Å². The Labute approximate surface area is 145 Å². The van der Waals surface area contributed by atoms with Crippen LogP contribution in [0.25, 0.3) is 11.1 Å². The lowest BCUT2D eigenvalue weighted by Crippen LogP contribution is -2.32. The zero-order valence-corrected chi connectivity index (χ0v) is 14.7. The van der Waals surface area contributed by atoms with Crippen LogP contribution in [0.5, 0.6) is 0 Å². The second-order valence-electron chi connectivity index (χ2n) is 6.65. The molecule has 0 bridgehead atoms. The topological polar surface area (TPSA) is 76.5 Å². The van der Waals surface area contributed by atoms with Gasteiger partial charge in [-0.2, -0.15) is 0 Å². The summed E-state index contributed by atoms with van der Waals surface area (Å²) in [5.41, 5.74) is 1.87. The van der Waals surface area contributed by atoms with Gasteiger partial charge in [-0.3, -0.25) is 4.79 Å². The molecule has 1 aromatic heterocycles. The van der Waals surface area contributed by atoms with E-state index in [-0.39, 0.29) is 17.6 Å². The van der Waals surface area contributed by atoms with Crippen LogP contribution < -0.4 is 5.32 Å². The number of oxazole rings is 1. The molecule has 1 fully saturated rings. The summed E-state index contributed by atoms with van der Waals surface area (Å²) < 4.78 is 16.5. The third kappa shape index (κ3) is 3.85. The van der Waals surface area contributed by atoms with Gasteiger partial charge in [0.15, 0.2) is 11.9 Å². The summed E-state index contributed by atoms with van der Waals surface area (Å²) >= 11 is 4.94. The van der Waals surface area contributed by atoms with E-state index < -0.39 is 0 Å². The molecule has 6 nitrogen and oxygen atoms in total. The molecule has 0 unspecified atom stereocenters. The number of carbonyl (C=O) groups excluding carboxylic acids is 1. The first kappa shape index (κ1) is 17.1. The largest absolute Gasteiger partial charge is 0.429 e. The van der Waals surface area contributed by atoms with E-state index in [4.69, 9.17) is 26.1 Å². The fourth-order valence-corrected chi connectivity index (χ4v) is 3.06. The number of hydrogen-bond donors (Lipinski definition) is 2. The first-order valence-electron chi connectivity index (χ1n) is 8.10. The molecule has 3 rings (SSSR count). The Balaban J connectivity index is 1.50. The van der Waals surface area contributed by atoms with Gasteiger partial charge in [0.25, 0.3) is 10.7 Å². The molecular weight excluding hydrogens is 328 g/mol. The third-order valence-electron chi connectivity index (χ3n) is 4.23. The fraction of sp³-hybridized carbons (Fsp3) is 0.529. The second-order valence-corrected chi connectivity index (χ2v) is 7.02. The normalized spacial score (nSPS) is 15.9. The number of hydrogen-bond acceptors (Lipinski definition) is 5. The number of amides is 1. The molecule has 1 aliphatic heterocycles. The Morgan fingerprint density at radius 1 is 1.38 bits per heavy atom. The summed E-state index contributed by atoms with van der Waals surface area (Å²) in [5.74, 6) is -0.120. The van der Waals surface area contributed by atoms with E-state index in [2.05, 4.69) is 24.1 Å². The maximum atomic E-state index is 12.2.